The molecule has 2 aromatic carbocycles. The zero-order valence-corrected chi connectivity index (χ0v) is 19.1. The number of nitrogens with zero attached hydrogens (tertiary/aromatic N) is 3. The van der Waals surface area contributed by atoms with E-state index >= 15 is 0 Å². The normalized spacial score (nSPS) is 18.8. The number of carbonyl (C=O) groups excluding carboxylic acids is 1. The molecule has 0 radical (unpaired) electrons. The van der Waals surface area contributed by atoms with Crippen LogP contribution in [0.3, 0.4) is 0 Å². The summed E-state index contributed by atoms with van der Waals surface area (Å²) in [5.74, 6) is 0.989. The Morgan fingerprint density at radius 3 is 2.47 bits per heavy atom. The van der Waals surface area contributed by atoms with Crippen molar-refractivity contribution in [2.75, 3.05) is 34.3 Å². The minimum absolute atomic E-state index is 0.124. The molecule has 1 amide bonds. The number of amides is 1. The molecule has 0 aliphatic carbocycles. The van der Waals surface area contributed by atoms with Crippen LogP contribution in [0.1, 0.15) is 24.1 Å². The maximum atomic E-state index is 13.4. The zero-order chi connectivity index (χ0) is 22.6. The lowest BCUT2D eigenvalue weighted by Gasteiger charge is -2.42. The van der Waals surface area contributed by atoms with Crippen molar-refractivity contribution in [3.8, 4) is 16.9 Å². The highest BCUT2D eigenvalue weighted by Crippen LogP contribution is 2.37. The summed E-state index contributed by atoms with van der Waals surface area (Å²) in [6.45, 7) is 2.38. The number of rotatable bonds is 6. The van der Waals surface area contributed by atoms with Gasteiger partial charge in [-0.15, -0.1) is 0 Å². The molecule has 166 valence electrons. The summed E-state index contributed by atoms with van der Waals surface area (Å²) in [5.41, 5.74) is 3.72. The molecule has 0 bridgehead atoms. The second-order valence-corrected chi connectivity index (χ2v) is 8.67. The van der Waals surface area contributed by atoms with Crippen LogP contribution in [0.2, 0.25) is 0 Å². The van der Waals surface area contributed by atoms with Crippen molar-refractivity contribution < 1.29 is 9.53 Å². The zero-order valence-electron chi connectivity index (χ0n) is 19.1. The second-order valence-electron chi connectivity index (χ2n) is 8.67. The van der Waals surface area contributed by atoms with Crippen LogP contribution in [0, 0.1) is 0 Å². The van der Waals surface area contributed by atoms with Crippen LogP contribution in [-0.4, -0.2) is 55.0 Å². The lowest BCUT2D eigenvalue weighted by atomic mass is 9.75. The summed E-state index contributed by atoms with van der Waals surface area (Å²) in [6.07, 6.45) is 3.55. The van der Waals surface area contributed by atoms with Gasteiger partial charge in [-0.2, -0.15) is 0 Å². The van der Waals surface area contributed by atoms with E-state index in [1.165, 1.54) is 5.56 Å². The van der Waals surface area contributed by atoms with E-state index in [0.717, 1.165) is 48.5 Å². The van der Waals surface area contributed by atoms with Crippen molar-refractivity contribution in [3.63, 3.8) is 0 Å². The largest absolute Gasteiger partial charge is 0.496 e. The topological polar surface area (TPSA) is 45.7 Å². The average molecular weight is 430 g/mol. The number of para-hydroxylation sites is 1. The van der Waals surface area contributed by atoms with Gasteiger partial charge in [0.05, 0.1) is 12.8 Å². The maximum absolute atomic E-state index is 13.4. The van der Waals surface area contributed by atoms with Crippen LogP contribution >= 0.6 is 0 Å². The van der Waals surface area contributed by atoms with Gasteiger partial charge in [-0.1, -0.05) is 48.5 Å². The predicted molar refractivity (Wildman–Crippen MR) is 128 cm³/mol. The van der Waals surface area contributed by atoms with E-state index in [1.807, 2.05) is 50.5 Å². The molecule has 1 atom stereocenters. The van der Waals surface area contributed by atoms with Crippen LogP contribution in [0.5, 0.6) is 5.75 Å². The number of benzene rings is 2. The van der Waals surface area contributed by atoms with Gasteiger partial charge in [0, 0.05) is 38.9 Å². The molecule has 1 fully saturated rings. The van der Waals surface area contributed by atoms with Gasteiger partial charge >= 0.3 is 0 Å². The molecule has 1 unspecified atom stereocenters. The monoisotopic (exact) mass is 429 g/mol. The highest BCUT2D eigenvalue weighted by atomic mass is 16.5. The fourth-order valence-electron chi connectivity index (χ4n) is 4.88. The summed E-state index contributed by atoms with van der Waals surface area (Å²) >= 11 is 0. The number of hydrogen-bond acceptors (Lipinski definition) is 4. The van der Waals surface area contributed by atoms with E-state index in [-0.39, 0.29) is 5.91 Å². The Morgan fingerprint density at radius 1 is 1.03 bits per heavy atom. The number of likely N-dealkylation sites (N-methyl/N-ethyl adjacent to an activating group) is 1. The molecular formula is C27H31N3O2. The molecule has 1 aromatic heterocycles. The van der Waals surface area contributed by atoms with Gasteiger partial charge < -0.3 is 9.64 Å². The Bertz CT molecular complexity index is 1070. The van der Waals surface area contributed by atoms with Crippen LogP contribution < -0.4 is 4.74 Å². The SMILES string of the molecule is COc1ccccc1-c1ccccc1CN1CCCC(C(=O)N(C)C)(c2ccccn2)C1. The highest BCUT2D eigenvalue weighted by Gasteiger charge is 2.45. The Morgan fingerprint density at radius 2 is 1.75 bits per heavy atom. The third kappa shape index (κ3) is 4.26. The molecule has 0 N–H and O–H groups in total. The first kappa shape index (κ1) is 22.0. The summed E-state index contributed by atoms with van der Waals surface area (Å²) in [5, 5.41) is 0. The lowest BCUT2D eigenvalue weighted by Crippen LogP contribution is -2.54. The number of hydrogen-bond donors (Lipinski definition) is 0. The molecule has 0 saturated carbocycles. The first-order valence-corrected chi connectivity index (χ1v) is 11.1. The summed E-state index contributed by atoms with van der Waals surface area (Å²) < 4.78 is 5.62. The summed E-state index contributed by atoms with van der Waals surface area (Å²) in [7, 11) is 5.38. The number of likely N-dealkylation sites (tertiary alicyclic amines) is 1. The van der Waals surface area contributed by atoms with Crippen molar-refractivity contribution >= 4 is 5.91 Å². The van der Waals surface area contributed by atoms with E-state index in [2.05, 4.69) is 40.2 Å². The van der Waals surface area contributed by atoms with Gasteiger partial charge in [-0.25, -0.2) is 0 Å². The molecule has 1 aliphatic rings. The van der Waals surface area contributed by atoms with Gasteiger partial charge in [0.1, 0.15) is 11.2 Å². The van der Waals surface area contributed by atoms with Gasteiger partial charge in [0.15, 0.2) is 0 Å². The number of aromatic nitrogens is 1. The van der Waals surface area contributed by atoms with E-state index in [1.54, 1.807) is 18.2 Å². The molecule has 0 spiro atoms. The van der Waals surface area contributed by atoms with Crippen LogP contribution in [0.25, 0.3) is 11.1 Å². The van der Waals surface area contributed by atoms with Crippen molar-refractivity contribution in [2.24, 2.45) is 0 Å². The standard InChI is InChI=1S/C27H31N3O2/c1-29(2)26(31)27(25-15-8-9-17-28-25)16-10-18-30(20-27)19-21-11-4-5-12-22(21)23-13-6-7-14-24(23)32-3/h4-9,11-15,17H,10,16,18-20H2,1-3H3. The van der Waals surface area contributed by atoms with E-state index in [4.69, 9.17) is 4.74 Å². The van der Waals surface area contributed by atoms with Gasteiger partial charge in [0.2, 0.25) is 5.91 Å². The number of methoxy groups -OCH3 is 1. The molecular weight excluding hydrogens is 398 g/mol. The lowest BCUT2D eigenvalue weighted by molar-refractivity contribution is -0.137. The number of piperidine rings is 1. The minimum Gasteiger partial charge on any atom is -0.496 e. The molecule has 32 heavy (non-hydrogen) atoms. The summed E-state index contributed by atoms with van der Waals surface area (Å²) in [6, 6.07) is 22.5. The number of ether oxygens (including phenoxy) is 1. The molecule has 2 heterocycles. The Hall–Kier alpha value is -3.18. The van der Waals surface area contributed by atoms with Crippen LogP contribution in [0.4, 0.5) is 0 Å². The number of carbonyl (C=O) groups is 1. The minimum atomic E-state index is -0.623. The van der Waals surface area contributed by atoms with Crippen LogP contribution in [0.15, 0.2) is 72.9 Å². The van der Waals surface area contributed by atoms with Crippen LogP contribution in [-0.2, 0) is 16.8 Å². The molecule has 5 heteroatoms. The Balaban J connectivity index is 1.67. The predicted octanol–water partition coefficient (Wildman–Crippen LogP) is 4.38. The quantitative estimate of drug-likeness (QED) is 0.583. The average Bonchev–Trinajstić information content (AvgIpc) is 2.84. The first-order valence-electron chi connectivity index (χ1n) is 11.1. The summed E-state index contributed by atoms with van der Waals surface area (Å²) in [4.78, 5) is 22.2. The first-order chi connectivity index (χ1) is 15.5. The van der Waals surface area contributed by atoms with Crippen molar-refractivity contribution in [1.82, 2.24) is 14.8 Å². The molecule has 1 saturated heterocycles. The molecule has 5 nitrogen and oxygen atoms in total. The third-order valence-electron chi connectivity index (χ3n) is 6.35. The van der Waals surface area contributed by atoms with E-state index < -0.39 is 5.41 Å². The molecule has 4 rings (SSSR count). The molecule has 3 aromatic rings. The number of pyridine rings is 1. The fourth-order valence-corrected chi connectivity index (χ4v) is 4.88. The maximum Gasteiger partial charge on any atom is 0.235 e. The van der Waals surface area contributed by atoms with Gasteiger partial charge in [-0.3, -0.25) is 14.7 Å². The highest BCUT2D eigenvalue weighted by molar-refractivity contribution is 5.88. The molecule has 1 aliphatic heterocycles. The van der Waals surface area contributed by atoms with Gasteiger partial charge in [0.25, 0.3) is 0 Å². The second kappa shape index (κ2) is 9.53. The Kier molecular flexibility index (Phi) is 6.56. The van der Waals surface area contributed by atoms with Gasteiger partial charge in [-0.05, 0) is 48.7 Å². The third-order valence-corrected chi connectivity index (χ3v) is 6.35. The fraction of sp³-hybridized carbons (Fsp3) is 0.333. The van der Waals surface area contributed by atoms with Crippen molar-refractivity contribution in [2.45, 2.75) is 24.8 Å². The van der Waals surface area contributed by atoms with E-state index in [9.17, 15) is 4.79 Å². The van der Waals surface area contributed by atoms with E-state index in [0.29, 0.717) is 6.54 Å². The smallest absolute Gasteiger partial charge is 0.235 e. The van der Waals surface area contributed by atoms with Crippen molar-refractivity contribution in [3.05, 3.63) is 84.2 Å². The van der Waals surface area contributed by atoms with Crippen molar-refractivity contribution in [1.29, 1.82) is 0 Å². The Labute approximate surface area is 190 Å².